The highest BCUT2D eigenvalue weighted by Gasteiger charge is 2.22. The Labute approximate surface area is 849 Å². The third-order valence-electron chi connectivity index (χ3n) is 29.3. The molecule has 0 aliphatic carbocycles. The fraction of sp³-hybridized carbons (Fsp3) is 0. The van der Waals surface area contributed by atoms with Crippen LogP contribution in [0.2, 0.25) is 0 Å². The second-order valence-electron chi connectivity index (χ2n) is 37.8. The molecule has 684 valence electrons. The van der Waals surface area contributed by atoms with Crippen molar-refractivity contribution < 1.29 is 0 Å². The van der Waals surface area contributed by atoms with Gasteiger partial charge in [-0.25, -0.2) is 0 Å². The van der Waals surface area contributed by atoms with Crippen molar-refractivity contribution in [3.05, 3.63) is 582 Å². The molecule has 0 bridgehead atoms. The van der Waals surface area contributed by atoms with Crippen molar-refractivity contribution in [2.24, 2.45) is 0 Å². The van der Waals surface area contributed by atoms with E-state index in [1.807, 2.05) is 0 Å². The van der Waals surface area contributed by atoms with Crippen molar-refractivity contribution in [2.45, 2.75) is 0 Å². The molecule has 4 nitrogen and oxygen atoms in total. The molecular weight excluding hydrogens is 1760 g/mol. The molecule has 0 unspecified atom stereocenters. The topological polar surface area (TPSA) is 16.3 Å². The van der Waals surface area contributed by atoms with E-state index in [1.165, 1.54) is 220 Å². The average Bonchev–Trinajstić information content (AvgIpc) is 1.58. The molecule has 0 saturated heterocycles. The maximum Gasteiger partial charge on any atom is 0.0541 e. The quantitative estimate of drug-likeness (QED) is 0.0802. The predicted molar refractivity (Wildman–Crippen MR) is 621 cm³/mol. The van der Waals surface area contributed by atoms with E-state index < -0.39 is 0 Å². The summed E-state index contributed by atoms with van der Waals surface area (Å²) in [6, 6.07) is 212. The summed E-state index contributed by atoms with van der Waals surface area (Å²) in [5.41, 5.74) is 40.2. The van der Waals surface area contributed by atoms with Crippen LogP contribution in [-0.2, 0) is 0 Å². The summed E-state index contributed by atoms with van der Waals surface area (Å²) < 4.78 is 4.73. The standard InChI is InChI=1S/C74H50N2.C68H46N2/c1-2-16-63(17-3-1)76-73-23-9-8-20-71(73)72-50-62(42-49-74(72)76)57-34-32-54(33-35-57)53-26-24-51(25-27-53)52-28-30-55(31-29-52)56-36-43-64(44-37-56)75(65-45-38-60(39-46-65)69-21-10-14-58-12-4-6-18-67(58)69)66-47-40-61(41-48-66)70-22-11-15-59-13-5-7-19-68(59)70;1-2-16-57(17-3-1)70-67-23-9-8-20-65(67)66-46-56(38-45-68(66)70)51-30-28-48(29-31-51)47-24-26-49(27-25-47)50-32-39-58(40-33-50)69(59-41-34-54(35-42-59)63-21-10-14-52-12-4-6-18-61(52)63)60-43-36-55(37-44-60)64-22-11-15-53-13-5-7-19-62(53)64/h1-50H;1-46H. The molecule has 146 heavy (non-hydrogen) atoms. The summed E-state index contributed by atoms with van der Waals surface area (Å²) in [7, 11) is 0. The van der Waals surface area contributed by atoms with E-state index in [-0.39, 0.29) is 0 Å². The monoisotopic (exact) mass is 1860 g/mol. The Hall–Kier alpha value is -19.3. The predicted octanol–water partition coefficient (Wildman–Crippen LogP) is 39.5. The second kappa shape index (κ2) is 38.1. The molecule has 27 rings (SSSR count). The summed E-state index contributed by atoms with van der Waals surface area (Å²) in [6.07, 6.45) is 0. The Morgan fingerprint density at radius 1 is 0.110 bits per heavy atom. The highest BCUT2D eigenvalue weighted by Crippen LogP contribution is 2.46. The zero-order chi connectivity index (χ0) is 96.7. The van der Waals surface area contributed by atoms with Gasteiger partial charge >= 0.3 is 0 Å². The van der Waals surface area contributed by atoms with E-state index in [9.17, 15) is 0 Å². The zero-order valence-corrected chi connectivity index (χ0v) is 80.2. The highest BCUT2D eigenvalue weighted by atomic mass is 15.1. The summed E-state index contributed by atoms with van der Waals surface area (Å²) in [5.74, 6) is 0. The third kappa shape index (κ3) is 16.6. The van der Waals surface area contributed by atoms with Crippen LogP contribution in [0.1, 0.15) is 0 Å². The molecule has 0 radical (unpaired) electrons. The molecule has 0 aliphatic rings. The number of aromatic nitrogens is 2. The number of nitrogens with zero attached hydrogens (tertiary/aromatic N) is 4. The molecule has 4 heteroatoms. The maximum atomic E-state index is 2.37. The largest absolute Gasteiger partial charge is 0.311 e. The number of hydrogen-bond donors (Lipinski definition) is 0. The Morgan fingerprint density at radius 3 is 0.521 bits per heavy atom. The fourth-order valence-corrected chi connectivity index (χ4v) is 21.9. The average molecular weight is 1860 g/mol. The molecule has 27 aromatic rings. The first-order valence-corrected chi connectivity index (χ1v) is 50.2. The van der Waals surface area contributed by atoms with Gasteiger partial charge in [0.1, 0.15) is 0 Å². The van der Waals surface area contributed by atoms with Crippen molar-refractivity contribution in [3.8, 4) is 134 Å². The van der Waals surface area contributed by atoms with Crippen molar-refractivity contribution in [1.29, 1.82) is 0 Å². The molecular formula is C142H96N4. The van der Waals surface area contributed by atoms with Crippen LogP contribution in [0.15, 0.2) is 582 Å². The minimum absolute atomic E-state index is 1.09. The van der Waals surface area contributed by atoms with Crippen LogP contribution >= 0.6 is 0 Å². The van der Waals surface area contributed by atoms with Crippen molar-refractivity contribution in [3.63, 3.8) is 0 Å². The molecule has 25 aromatic carbocycles. The Morgan fingerprint density at radius 2 is 0.281 bits per heavy atom. The molecule has 2 aromatic heterocycles. The highest BCUT2D eigenvalue weighted by molar-refractivity contribution is 6.13. The van der Waals surface area contributed by atoms with Crippen LogP contribution < -0.4 is 9.80 Å². The van der Waals surface area contributed by atoms with Crippen LogP contribution in [-0.4, -0.2) is 9.13 Å². The fourth-order valence-electron chi connectivity index (χ4n) is 21.9. The number of anilines is 6. The number of rotatable bonds is 19. The van der Waals surface area contributed by atoms with Gasteiger partial charge < -0.3 is 18.9 Å². The van der Waals surface area contributed by atoms with Gasteiger partial charge in [0.05, 0.1) is 22.1 Å². The lowest BCUT2D eigenvalue weighted by atomic mass is 9.96. The second-order valence-corrected chi connectivity index (χ2v) is 37.8. The smallest absolute Gasteiger partial charge is 0.0541 e. The van der Waals surface area contributed by atoms with Crippen LogP contribution in [0.5, 0.6) is 0 Å². The lowest BCUT2D eigenvalue weighted by Crippen LogP contribution is -2.09. The van der Waals surface area contributed by atoms with E-state index in [1.54, 1.807) is 0 Å². The van der Waals surface area contributed by atoms with Crippen molar-refractivity contribution in [1.82, 2.24) is 9.13 Å². The van der Waals surface area contributed by atoms with E-state index in [0.717, 1.165) is 34.1 Å². The molecule has 0 atom stereocenters. The summed E-state index contributed by atoms with van der Waals surface area (Å²) in [4.78, 5) is 4.72. The first kappa shape index (κ1) is 87.0. The summed E-state index contributed by atoms with van der Waals surface area (Å²) in [5, 5.41) is 15.1. The normalized spacial score (nSPS) is 11.4. The van der Waals surface area contributed by atoms with Gasteiger partial charge in [0.15, 0.2) is 0 Å². The molecule has 0 saturated carbocycles. The van der Waals surface area contributed by atoms with Gasteiger partial charge in [0.25, 0.3) is 0 Å². The van der Waals surface area contributed by atoms with Crippen LogP contribution in [0, 0.1) is 0 Å². The van der Waals surface area contributed by atoms with Gasteiger partial charge in [0, 0.05) is 67.0 Å². The number of hydrogen-bond acceptors (Lipinski definition) is 2. The van der Waals surface area contributed by atoms with Gasteiger partial charge in [-0.2, -0.15) is 0 Å². The minimum Gasteiger partial charge on any atom is -0.311 e. The van der Waals surface area contributed by atoms with Crippen LogP contribution in [0.25, 0.3) is 220 Å². The maximum absolute atomic E-state index is 2.37. The Kier molecular flexibility index (Phi) is 22.7. The number of fused-ring (bicyclic) bond motifs is 10. The van der Waals surface area contributed by atoms with Gasteiger partial charge in [-0.05, 0) is 299 Å². The van der Waals surface area contributed by atoms with Crippen LogP contribution in [0.4, 0.5) is 34.1 Å². The number of benzene rings is 25. The summed E-state index contributed by atoms with van der Waals surface area (Å²) in [6.45, 7) is 0. The van der Waals surface area contributed by atoms with Gasteiger partial charge in [-0.3, -0.25) is 0 Å². The van der Waals surface area contributed by atoms with Gasteiger partial charge in [-0.1, -0.05) is 449 Å². The van der Waals surface area contributed by atoms with Crippen molar-refractivity contribution >= 4 is 121 Å². The Bertz CT molecular complexity index is 9220. The molecule has 2 heterocycles. The van der Waals surface area contributed by atoms with Crippen molar-refractivity contribution in [2.75, 3.05) is 9.80 Å². The third-order valence-corrected chi connectivity index (χ3v) is 29.3. The molecule has 0 aliphatic heterocycles. The molecule has 0 fully saturated rings. The lowest BCUT2D eigenvalue weighted by molar-refractivity contribution is 1.18. The zero-order valence-electron chi connectivity index (χ0n) is 80.2. The molecule has 0 spiro atoms. The van der Waals surface area contributed by atoms with Crippen LogP contribution in [0.3, 0.4) is 0 Å². The molecule has 0 N–H and O–H groups in total. The SMILES string of the molecule is c1ccc(-n2c3ccccc3c3cc(-c4ccc(-c5ccc(-c6ccc(-c7ccc(N(c8ccc(-c9cccc%10ccccc9%10)cc8)c8ccc(-c9cccc%10ccccc9%10)cc8)cc7)cc6)cc5)cc4)ccc32)cc1.c1ccc(-n2c3ccccc3c3cc(-c4ccc(-c5ccc(-c6ccc(N(c7ccc(-c8cccc9ccccc89)cc7)c7ccc(-c8cccc9ccccc89)cc7)cc6)cc5)cc4)ccc32)cc1. The van der Waals surface area contributed by atoms with Gasteiger partial charge in [0.2, 0.25) is 0 Å². The van der Waals surface area contributed by atoms with Gasteiger partial charge in [-0.15, -0.1) is 0 Å². The lowest BCUT2D eigenvalue weighted by Gasteiger charge is -2.26. The summed E-state index contributed by atoms with van der Waals surface area (Å²) >= 11 is 0. The number of para-hydroxylation sites is 4. The first-order valence-electron chi connectivity index (χ1n) is 50.2. The van der Waals surface area contributed by atoms with E-state index in [0.29, 0.717) is 0 Å². The van der Waals surface area contributed by atoms with E-state index >= 15 is 0 Å². The van der Waals surface area contributed by atoms with E-state index in [4.69, 9.17) is 0 Å². The minimum atomic E-state index is 1.09. The van der Waals surface area contributed by atoms with E-state index in [2.05, 4.69) is 601 Å². The first-order chi connectivity index (χ1) is 72.4. The Balaban J connectivity index is 0.000000149. The molecule has 0 amide bonds.